The molecule has 18 heavy (non-hydrogen) atoms. The lowest BCUT2D eigenvalue weighted by Crippen LogP contribution is -1.94. The number of hydrogen-bond acceptors (Lipinski definition) is 4. The van der Waals surface area contributed by atoms with Crippen molar-refractivity contribution in [1.29, 1.82) is 0 Å². The molecule has 0 saturated carbocycles. The minimum absolute atomic E-state index is 0.525. The van der Waals surface area contributed by atoms with Crippen LogP contribution < -0.4 is 4.74 Å². The third kappa shape index (κ3) is 1.92. The first-order valence-electron chi connectivity index (χ1n) is 5.31. The lowest BCUT2D eigenvalue weighted by Gasteiger charge is -2.06. The molecule has 0 aliphatic rings. The SMILES string of the molecule is Cn1ncc2c(Oc3ccccc3I)ncnc21. The fourth-order valence-corrected chi connectivity index (χ4v) is 2.15. The largest absolute Gasteiger partial charge is 0.437 e. The van der Waals surface area contributed by atoms with Crippen molar-refractivity contribution in [2.45, 2.75) is 0 Å². The highest BCUT2D eigenvalue weighted by Crippen LogP contribution is 2.28. The summed E-state index contributed by atoms with van der Waals surface area (Å²) in [6.07, 6.45) is 3.19. The van der Waals surface area contributed by atoms with Crippen LogP contribution in [0.25, 0.3) is 11.0 Å². The number of halogens is 1. The van der Waals surface area contributed by atoms with Crippen LogP contribution in [-0.2, 0) is 7.05 Å². The molecular weight excluding hydrogens is 343 g/mol. The second-order valence-corrected chi connectivity index (χ2v) is 4.88. The summed E-state index contributed by atoms with van der Waals surface area (Å²) < 4.78 is 8.55. The van der Waals surface area contributed by atoms with E-state index in [1.165, 1.54) is 6.33 Å². The monoisotopic (exact) mass is 352 g/mol. The molecule has 0 fully saturated rings. The summed E-state index contributed by atoms with van der Waals surface area (Å²) >= 11 is 2.23. The molecule has 0 unspecified atom stereocenters. The highest BCUT2D eigenvalue weighted by molar-refractivity contribution is 14.1. The van der Waals surface area contributed by atoms with E-state index in [0.29, 0.717) is 5.88 Å². The minimum Gasteiger partial charge on any atom is -0.437 e. The van der Waals surface area contributed by atoms with E-state index in [-0.39, 0.29) is 0 Å². The van der Waals surface area contributed by atoms with Crippen molar-refractivity contribution in [2.24, 2.45) is 7.05 Å². The van der Waals surface area contributed by atoms with E-state index >= 15 is 0 Å². The first-order valence-corrected chi connectivity index (χ1v) is 6.38. The van der Waals surface area contributed by atoms with Gasteiger partial charge in [-0.1, -0.05) is 12.1 Å². The van der Waals surface area contributed by atoms with Crippen molar-refractivity contribution in [3.8, 4) is 11.6 Å². The summed E-state index contributed by atoms with van der Waals surface area (Å²) in [6, 6.07) is 7.79. The molecule has 0 bridgehead atoms. The first-order chi connectivity index (χ1) is 8.75. The maximum absolute atomic E-state index is 5.82. The van der Waals surface area contributed by atoms with E-state index in [9.17, 15) is 0 Å². The molecule has 2 aromatic heterocycles. The molecule has 0 spiro atoms. The summed E-state index contributed by atoms with van der Waals surface area (Å²) in [6.45, 7) is 0. The Labute approximate surface area is 117 Å². The Hall–Kier alpha value is -1.70. The van der Waals surface area contributed by atoms with Gasteiger partial charge in [-0.3, -0.25) is 4.68 Å². The molecule has 1 aromatic carbocycles. The Kier molecular flexibility index (Phi) is 2.86. The molecule has 5 nitrogen and oxygen atoms in total. The Morgan fingerprint density at radius 3 is 2.89 bits per heavy atom. The van der Waals surface area contributed by atoms with Crippen LogP contribution in [-0.4, -0.2) is 19.7 Å². The summed E-state index contributed by atoms with van der Waals surface area (Å²) in [5.41, 5.74) is 0.755. The molecule has 0 aliphatic carbocycles. The van der Waals surface area contributed by atoms with Gasteiger partial charge in [0.1, 0.15) is 17.5 Å². The number of aryl methyl sites for hydroxylation is 1. The smallest absolute Gasteiger partial charge is 0.233 e. The number of nitrogens with zero attached hydrogens (tertiary/aromatic N) is 4. The molecule has 0 aliphatic heterocycles. The fraction of sp³-hybridized carbons (Fsp3) is 0.0833. The summed E-state index contributed by atoms with van der Waals surface area (Å²) in [4.78, 5) is 8.34. The van der Waals surface area contributed by atoms with E-state index in [1.807, 2.05) is 31.3 Å². The lowest BCUT2D eigenvalue weighted by atomic mass is 10.3. The molecular formula is C12H9IN4O. The van der Waals surface area contributed by atoms with Gasteiger partial charge in [-0.2, -0.15) is 5.10 Å². The molecule has 2 heterocycles. The molecule has 3 aromatic rings. The average molecular weight is 352 g/mol. The van der Waals surface area contributed by atoms with Gasteiger partial charge in [-0.25, -0.2) is 9.97 Å². The van der Waals surface area contributed by atoms with Gasteiger partial charge >= 0.3 is 0 Å². The van der Waals surface area contributed by atoms with Crippen molar-refractivity contribution in [3.05, 3.63) is 40.4 Å². The zero-order valence-electron chi connectivity index (χ0n) is 9.54. The van der Waals surface area contributed by atoms with Gasteiger partial charge in [0.05, 0.1) is 9.77 Å². The van der Waals surface area contributed by atoms with Gasteiger partial charge in [0.25, 0.3) is 0 Å². The molecule has 0 saturated heterocycles. The number of benzene rings is 1. The standard InChI is InChI=1S/C12H9IN4O/c1-17-11-8(6-16-17)12(15-7-14-11)18-10-5-3-2-4-9(10)13/h2-7H,1H3. The number of ether oxygens (including phenoxy) is 1. The van der Waals surface area contributed by atoms with E-state index < -0.39 is 0 Å². The van der Waals surface area contributed by atoms with Crippen molar-refractivity contribution in [2.75, 3.05) is 0 Å². The van der Waals surface area contributed by atoms with Crippen LogP contribution in [0, 0.1) is 3.57 Å². The van der Waals surface area contributed by atoms with Crippen LogP contribution in [0.15, 0.2) is 36.8 Å². The second-order valence-electron chi connectivity index (χ2n) is 3.72. The fourth-order valence-electron chi connectivity index (χ4n) is 1.65. The van der Waals surface area contributed by atoms with Gasteiger partial charge in [0.2, 0.25) is 5.88 Å². The highest BCUT2D eigenvalue weighted by atomic mass is 127. The molecule has 0 atom stereocenters. The Morgan fingerprint density at radius 2 is 2.06 bits per heavy atom. The molecule has 6 heteroatoms. The predicted octanol–water partition coefficient (Wildman–Crippen LogP) is 2.76. The predicted molar refractivity (Wildman–Crippen MR) is 75.5 cm³/mol. The van der Waals surface area contributed by atoms with Crippen molar-refractivity contribution >= 4 is 33.6 Å². The zero-order valence-corrected chi connectivity index (χ0v) is 11.7. The molecule has 0 amide bonds. The summed E-state index contributed by atoms with van der Waals surface area (Å²) in [5.74, 6) is 1.30. The zero-order chi connectivity index (χ0) is 12.5. The van der Waals surface area contributed by atoms with Gasteiger partial charge in [0, 0.05) is 7.05 Å². The third-order valence-corrected chi connectivity index (χ3v) is 3.43. The quantitative estimate of drug-likeness (QED) is 0.666. The van der Waals surface area contributed by atoms with Crippen LogP contribution in [0.5, 0.6) is 11.6 Å². The number of rotatable bonds is 2. The van der Waals surface area contributed by atoms with Crippen LogP contribution in [0.2, 0.25) is 0 Å². The van der Waals surface area contributed by atoms with Crippen molar-refractivity contribution in [3.63, 3.8) is 0 Å². The van der Waals surface area contributed by atoms with E-state index in [1.54, 1.807) is 10.9 Å². The molecule has 90 valence electrons. The van der Waals surface area contributed by atoms with Crippen molar-refractivity contribution < 1.29 is 4.74 Å². The van der Waals surface area contributed by atoms with Gasteiger partial charge < -0.3 is 4.74 Å². The topological polar surface area (TPSA) is 52.8 Å². The Morgan fingerprint density at radius 1 is 1.22 bits per heavy atom. The highest BCUT2D eigenvalue weighted by Gasteiger charge is 2.10. The maximum Gasteiger partial charge on any atom is 0.233 e. The Bertz CT molecular complexity index is 710. The van der Waals surface area contributed by atoms with Crippen LogP contribution in [0.1, 0.15) is 0 Å². The second kappa shape index (κ2) is 4.52. The van der Waals surface area contributed by atoms with E-state index in [0.717, 1.165) is 20.4 Å². The summed E-state index contributed by atoms with van der Waals surface area (Å²) in [7, 11) is 1.84. The lowest BCUT2D eigenvalue weighted by molar-refractivity contribution is 0.465. The third-order valence-electron chi connectivity index (χ3n) is 2.54. The van der Waals surface area contributed by atoms with Crippen molar-refractivity contribution in [1.82, 2.24) is 19.7 Å². The van der Waals surface area contributed by atoms with Gasteiger partial charge in [-0.05, 0) is 34.7 Å². The molecule has 0 radical (unpaired) electrons. The van der Waals surface area contributed by atoms with Crippen LogP contribution in [0.3, 0.4) is 0 Å². The van der Waals surface area contributed by atoms with Crippen LogP contribution >= 0.6 is 22.6 Å². The number of aromatic nitrogens is 4. The number of fused-ring (bicyclic) bond motifs is 1. The minimum atomic E-state index is 0.525. The van der Waals surface area contributed by atoms with E-state index in [4.69, 9.17) is 4.74 Å². The van der Waals surface area contributed by atoms with Gasteiger partial charge in [-0.15, -0.1) is 0 Å². The number of hydrogen-bond donors (Lipinski definition) is 0. The maximum atomic E-state index is 5.82. The Balaban J connectivity index is 2.08. The molecule has 0 N–H and O–H groups in total. The average Bonchev–Trinajstić information content (AvgIpc) is 2.76. The van der Waals surface area contributed by atoms with Gasteiger partial charge in [0.15, 0.2) is 5.65 Å². The first kappa shape index (κ1) is 11.4. The number of para-hydroxylation sites is 1. The van der Waals surface area contributed by atoms with Crippen LogP contribution in [0.4, 0.5) is 0 Å². The summed E-state index contributed by atoms with van der Waals surface area (Å²) in [5, 5.41) is 4.96. The van der Waals surface area contributed by atoms with E-state index in [2.05, 4.69) is 37.7 Å². The molecule has 3 rings (SSSR count). The normalized spacial score (nSPS) is 10.8.